The van der Waals surface area contributed by atoms with E-state index in [9.17, 15) is 13.2 Å². The summed E-state index contributed by atoms with van der Waals surface area (Å²) >= 11 is 0. The van der Waals surface area contributed by atoms with Crippen molar-refractivity contribution in [3.8, 4) is 0 Å². The first-order chi connectivity index (χ1) is 5.51. The molecule has 1 atom stereocenters. The van der Waals surface area contributed by atoms with Gasteiger partial charge in [0.25, 0.3) is 0 Å². The van der Waals surface area contributed by atoms with Crippen LogP contribution in [0.2, 0.25) is 0 Å². The third kappa shape index (κ3) is 2.85. The Bertz CT molecular complexity index is 164. The van der Waals surface area contributed by atoms with Crippen molar-refractivity contribution in [3.05, 3.63) is 12.7 Å². The molecule has 70 valence electrons. The van der Waals surface area contributed by atoms with Gasteiger partial charge in [-0.3, -0.25) is 4.90 Å². The van der Waals surface area contributed by atoms with E-state index >= 15 is 0 Å². The predicted molar refractivity (Wildman–Crippen MR) is 40.8 cm³/mol. The van der Waals surface area contributed by atoms with Crippen LogP contribution >= 0.6 is 0 Å². The highest BCUT2D eigenvalue weighted by molar-refractivity contribution is 4.87. The second-order valence-electron chi connectivity index (χ2n) is 3.13. The van der Waals surface area contributed by atoms with E-state index < -0.39 is 12.7 Å². The summed E-state index contributed by atoms with van der Waals surface area (Å²) in [5.41, 5.74) is 0. The molecule has 12 heavy (non-hydrogen) atoms. The number of likely N-dealkylation sites (tertiary alicyclic amines) is 1. The van der Waals surface area contributed by atoms with Gasteiger partial charge in [-0.05, 0) is 18.9 Å². The van der Waals surface area contributed by atoms with Crippen molar-refractivity contribution < 1.29 is 13.2 Å². The minimum atomic E-state index is -4.06. The van der Waals surface area contributed by atoms with Crippen molar-refractivity contribution >= 4 is 0 Å². The summed E-state index contributed by atoms with van der Waals surface area (Å²) in [6.07, 6.45) is -1.52. The number of hydrogen-bond donors (Lipinski definition) is 0. The van der Waals surface area contributed by atoms with Crippen molar-refractivity contribution in [2.45, 2.75) is 12.6 Å². The summed E-state index contributed by atoms with van der Waals surface area (Å²) in [6.45, 7) is 3.83. The van der Waals surface area contributed by atoms with E-state index in [2.05, 4.69) is 6.58 Å². The van der Waals surface area contributed by atoms with Gasteiger partial charge in [0.15, 0.2) is 0 Å². The topological polar surface area (TPSA) is 3.24 Å². The van der Waals surface area contributed by atoms with Gasteiger partial charge in [0, 0.05) is 6.54 Å². The molecule has 1 saturated heterocycles. The van der Waals surface area contributed by atoms with Crippen molar-refractivity contribution in [2.75, 3.05) is 19.6 Å². The maximum absolute atomic E-state index is 11.9. The first-order valence-corrected chi connectivity index (χ1v) is 3.93. The van der Waals surface area contributed by atoms with Gasteiger partial charge in [0.2, 0.25) is 0 Å². The molecule has 0 bridgehead atoms. The minimum Gasteiger partial charge on any atom is -0.294 e. The van der Waals surface area contributed by atoms with E-state index in [0.29, 0.717) is 13.1 Å². The standard InChI is InChI=1S/C8H12F3N/c1-2-7-3-4-12(5-7)6-8(9,10)11/h2,7H,1,3-6H2. The molecule has 0 radical (unpaired) electrons. The molecule has 0 aromatic rings. The summed E-state index contributed by atoms with van der Waals surface area (Å²) in [7, 11) is 0. The van der Waals surface area contributed by atoms with E-state index in [1.54, 1.807) is 6.08 Å². The van der Waals surface area contributed by atoms with E-state index in [1.807, 2.05) is 0 Å². The van der Waals surface area contributed by atoms with Gasteiger partial charge in [-0.1, -0.05) is 6.08 Å². The van der Waals surface area contributed by atoms with E-state index in [-0.39, 0.29) is 5.92 Å². The predicted octanol–water partition coefficient (Wildman–Crippen LogP) is 2.06. The Morgan fingerprint density at radius 1 is 1.50 bits per heavy atom. The van der Waals surface area contributed by atoms with Crippen LogP contribution in [-0.4, -0.2) is 30.7 Å². The Balaban J connectivity index is 2.33. The van der Waals surface area contributed by atoms with Gasteiger partial charge >= 0.3 is 6.18 Å². The molecule has 0 spiro atoms. The van der Waals surface area contributed by atoms with Crippen molar-refractivity contribution in [1.29, 1.82) is 0 Å². The van der Waals surface area contributed by atoms with Crippen LogP contribution in [0.4, 0.5) is 13.2 Å². The largest absolute Gasteiger partial charge is 0.401 e. The van der Waals surface area contributed by atoms with Crippen LogP contribution < -0.4 is 0 Å². The fourth-order valence-electron chi connectivity index (χ4n) is 1.45. The highest BCUT2D eigenvalue weighted by Crippen LogP contribution is 2.22. The summed E-state index contributed by atoms with van der Waals surface area (Å²) in [5.74, 6) is 0.243. The number of rotatable bonds is 2. The molecule has 1 nitrogen and oxygen atoms in total. The fraction of sp³-hybridized carbons (Fsp3) is 0.750. The third-order valence-corrected chi connectivity index (χ3v) is 2.05. The summed E-state index contributed by atoms with van der Waals surface area (Å²) in [6, 6.07) is 0. The molecule has 0 N–H and O–H groups in total. The Labute approximate surface area is 69.9 Å². The Kier molecular flexibility index (Phi) is 2.77. The molecule has 1 unspecified atom stereocenters. The highest BCUT2D eigenvalue weighted by Gasteiger charge is 2.33. The number of alkyl halides is 3. The van der Waals surface area contributed by atoms with Crippen molar-refractivity contribution in [1.82, 2.24) is 4.90 Å². The van der Waals surface area contributed by atoms with E-state index in [1.165, 1.54) is 4.90 Å². The fourth-order valence-corrected chi connectivity index (χ4v) is 1.45. The molecule has 1 aliphatic heterocycles. The molecular formula is C8H12F3N. The molecule has 4 heteroatoms. The van der Waals surface area contributed by atoms with Crippen LogP contribution in [0.15, 0.2) is 12.7 Å². The van der Waals surface area contributed by atoms with E-state index in [4.69, 9.17) is 0 Å². The minimum absolute atomic E-state index is 0.243. The monoisotopic (exact) mass is 179 g/mol. The molecule has 0 aromatic carbocycles. The maximum Gasteiger partial charge on any atom is 0.401 e. The van der Waals surface area contributed by atoms with Crippen LogP contribution in [0, 0.1) is 5.92 Å². The third-order valence-electron chi connectivity index (χ3n) is 2.05. The Morgan fingerprint density at radius 3 is 2.58 bits per heavy atom. The van der Waals surface area contributed by atoms with Gasteiger partial charge in [0.1, 0.15) is 0 Å². The second kappa shape index (κ2) is 3.47. The lowest BCUT2D eigenvalue weighted by molar-refractivity contribution is -0.143. The maximum atomic E-state index is 11.9. The summed E-state index contributed by atoms with van der Waals surface area (Å²) in [5, 5.41) is 0. The summed E-state index contributed by atoms with van der Waals surface area (Å²) in [4.78, 5) is 1.42. The molecular weight excluding hydrogens is 167 g/mol. The molecule has 1 fully saturated rings. The van der Waals surface area contributed by atoms with Crippen LogP contribution in [0.1, 0.15) is 6.42 Å². The second-order valence-corrected chi connectivity index (χ2v) is 3.13. The number of halogens is 3. The van der Waals surface area contributed by atoms with Crippen LogP contribution in [-0.2, 0) is 0 Å². The van der Waals surface area contributed by atoms with Gasteiger partial charge in [0.05, 0.1) is 6.54 Å². The lowest BCUT2D eigenvalue weighted by Crippen LogP contribution is -2.32. The average molecular weight is 179 g/mol. The lowest BCUT2D eigenvalue weighted by Gasteiger charge is -2.16. The molecule has 1 heterocycles. The van der Waals surface area contributed by atoms with Gasteiger partial charge in [-0.15, -0.1) is 6.58 Å². The zero-order valence-corrected chi connectivity index (χ0v) is 6.77. The zero-order chi connectivity index (χ0) is 9.19. The average Bonchev–Trinajstić information content (AvgIpc) is 2.32. The van der Waals surface area contributed by atoms with Gasteiger partial charge < -0.3 is 0 Å². The first kappa shape index (κ1) is 9.58. The van der Waals surface area contributed by atoms with Crippen LogP contribution in [0.25, 0.3) is 0 Å². The Morgan fingerprint density at radius 2 is 2.17 bits per heavy atom. The zero-order valence-electron chi connectivity index (χ0n) is 6.77. The molecule has 0 saturated carbocycles. The van der Waals surface area contributed by atoms with Gasteiger partial charge in [-0.2, -0.15) is 13.2 Å². The summed E-state index contributed by atoms with van der Waals surface area (Å²) < 4.78 is 35.6. The Hall–Kier alpha value is -0.510. The van der Waals surface area contributed by atoms with Crippen molar-refractivity contribution in [3.63, 3.8) is 0 Å². The van der Waals surface area contributed by atoms with Crippen molar-refractivity contribution in [2.24, 2.45) is 5.92 Å². The molecule has 1 rings (SSSR count). The van der Waals surface area contributed by atoms with Crippen LogP contribution in [0.5, 0.6) is 0 Å². The smallest absolute Gasteiger partial charge is 0.294 e. The SMILES string of the molecule is C=CC1CCN(CC(F)(F)F)C1. The number of hydrogen-bond acceptors (Lipinski definition) is 1. The van der Waals surface area contributed by atoms with E-state index in [0.717, 1.165) is 6.42 Å². The van der Waals surface area contributed by atoms with Crippen LogP contribution in [0.3, 0.4) is 0 Å². The quantitative estimate of drug-likeness (QED) is 0.586. The number of nitrogens with zero attached hydrogens (tertiary/aromatic N) is 1. The lowest BCUT2D eigenvalue weighted by atomic mass is 10.1. The molecule has 0 aromatic heterocycles. The molecule has 1 aliphatic rings. The first-order valence-electron chi connectivity index (χ1n) is 3.93. The normalized spacial score (nSPS) is 26.1. The molecule has 0 aliphatic carbocycles. The van der Waals surface area contributed by atoms with Gasteiger partial charge in [-0.25, -0.2) is 0 Å². The highest BCUT2D eigenvalue weighted by atomic mass is 19.4. The molecule has 0 amide bonds.